The fourth-order valence-corrected chi connectivity index (χ4v) is 9.13. The summed E-state index contributed by atoms with van der Waals surface area (Å²) in [7, 11) is 0. The minimum atomic E-state index is 0.648. The normalized spacial score (nSPS) is 12.1. The molecule has 0 aliphatic carbocycles. The van der Waals surface area contributed by atoms with Gasteiger partial charge in [0, 0.05) is 49.0 Å². The Morgan fingerprint density at radius 3 is 1.37 bits per heavy atom. The molecule has 250 valence electrons. The van der Waals surface area contributed by atoms with Crippen molar-refractivity contribution in [2.75, 3.05) is 0 Å². The number of nitrogens with zero attached hydrogens (tertiary/aromatic N) is 4. The fourth-order valence-electron chi connectivity index (χ4n) is 9.13. The van der Waals surface area contributed by atoms with Gasteiger partial charge in [0.05, 0.1) is 33.3 Å². The highest BCUT2D eigenvalue weighted by Crippen LogP contribution is 2.50. The molecule has 0 unspecified atom stereocenters. The van der Waals surface area contributed by atoms with Crippen LogP contribution in [0.15, 0.2) is 182 Å². The first-order chi connectivity index (χ1) is 26.8. The molecule has 0 spiro atoms. The summed E-state index contributed by atoms with van der Waals surface area (Å²) in [5, 5.41) is 13.4. The van der Waals surface area contributed by atoms with E-state index in [4.69, 9.17) is 9.97 Å². The van der Waals surface area contributed by atoms with Crippen molar-refractivity contribution >= 4 is 86.8 Å². The number of hydrogen-bond acceptors (Lipinski definition) is 2. The van der Waals surface area contributed by atoms with Crippen LogP contribution in [0, 0.1) is 0 Å². The number of benzene rings is 9. The molecule has 0 bridgehead atoms. The summed E-state index contributed by atoms with van der Waals surface area (Å²) in [6.07, 6.45) is 0. The summed E-state index contributed by atoms with van der Waals surface area (Å²) in [5.41, 5.74) is 8.44. The van der Waals surface area contributed by atoms with Gasteiger partial charge in [0.1, 0.15) is 0 Å². The van der Waals surface area contributed by atoms with Gasteiger partial charge in [-0.1, -0.05) is 152 Å². The van der Waals surface area contributed by atoms with Crippen LogP contribution >= 0.6 is 0 Å². The molecule has 0 saturated heterocycles. The Bertz CT molecular complexity index is 3490. The molecular formula is C50H30N4. The van der Waals surface area contributed by atoms with Crippen molar-refractivity contribution in [2.45, 2.75) is 0 Å². The first-order valence-corrected chi connectivity index (χ1v) is 18.4. The lowest BCUT2D eigenvalue weighted by molar-refractivity contribution is 1.01. The fraction of sp³-hybridized carbons (Fsp3) is 0. The van der Waals surface area contributed by atoms with Gasteiger partial charge < -0.3 is 4.57 Å². The summed E-state index contributed by atoms with van der Waals surface area (Å²) in [6.45, 7) is 0. The summed E-state index contributed by atoms with van der Waals surface area (Å²) in [5.74, 6) is 0.648. The highest BCUT2D eigenvalue weighted by atomic mass is 15.2. The molecule has 3 aromatic heterocycles. The van der Waals surface area contributed by atoms with Gasteiger partial charge in [-0.25, -0.2) is 9.97 Å². The first kappa shape index (κ1) is 29.3. The zero-order chi connectivity index (χ0) is 35.3. The van der Waals surface area contributed by atoms with Gasteiger partial charge in [-0.15, -0.1) is 0 Å². The van der Waals surface area contributed by atoms with E-state index in [1.807, 2.05) is 0 Å². The maximum atomic E-state index is 5.51. The van der Waals surface area contributed by atoms with Gasteiger partial charge >= 0.3 is 0 Å². The lowest BCUT2D eigenvalue weighted by atomic mass is 9.89. The number of aromatic nitrogens is 4. The second-order valence-electron chi connectivity index (χ2n) is 14.1. The smallest absolute Gasteiger partial charge is 0.235 e. The van der Waals surface area contributed by atoms with Crippen molar-refractivity contribution < 1.29 is 0 Å². The van der Waals surface area contributed by atoms with Crippen LogP contribution in [0.25, 0.3) is 110 Å². The van der Waals surface area contributed by atoms with Gasteiger partial charge in [0.2, 0.25) is 5.95 Å². The van der Waals surface area contributed by atoms with E-state index in [1.54, 1.807) is 0 Å². The van der Waals surface area contributed by atoms with Crippen molar-refractivity contribution in [3.8, 4) is 22.9 Å². The molecule has 9 aromatic carbocycles. The SMILES string of the molecule is c1ccc(-c2nc(-n3c4ccccc4c4c5c6ccccc6c6ccccc6c5c5c6ccccc6n(-c6ccccc6)c5c43)nc3ccccc23)cc1. The minimum absolute atomic E-state index is 0.648. The molecule has 0 atom stereocenters. The third-order valence-electron chi connectivity index (χ3n) is 11.3. The van der Waals surface area contributed by atoms with Gasteiger partial charge in [-0.05, 0) is 51.9 Å². The maximum Gasteiger partial charge on any atom is 0.235 e. The van der Waals surface area contributed by atoms with E-state index in [1.165, 1.54) is 53.9 Å². The monoisotopic (exact) mass is 686 g/mol. The molecule has 54 heavy (non-hydrogen) atoms. The molecule has 4 heteroatoms. The second kappa shape index (κ2) is 11.1. The Morgan fingerprint density at radius 1 is 0.315 bits per heavy atom. The summed E-state index contributed by atoms with van der Waals surface area (Å²) in [4.78, 5) is 10.9. The molecule has 0 amide bonds. The standard InChI is InChI=1S/C50H30N4/c1-3-17-31(18-4-1)47-37-25-11-14-28-40(37)51-50(52-47)54-42-30-16-13-27-39(42)46-44-36-24-10-8-22-34(36)33-21-7-9-23-35(33)43(44)45-38-26-12-15-29-41(38)53(48(45)49(46)54)32-19-5-2-6-20-32/h1-30H. The van der Waals surface area contributed by atoms with E-state index in [0.29, 0.717) is 5.95 Å². The lowest BCUT2D eigenvalue weighted by Gasteiger charge is -2.17. The third kappa shape index (κ3) is 3.91. The topological polar surface area (TPSA) is 35.6 Å². The van der Waals surface area contributed by atoms with Crippen LogP contribution in [0.3, 0.4) is 0 Å². The zero-order valence-electron chi connectivity index (χ0n) is 29.1. The lowest BCUT2D eigenvalue weighted by Crippen LogP contribution is -2.05. The average Bonchev–Trinajstić information content (AvgIpc) is 3.77. The van der Waals surface area contributed by atoms with Crippen LogP contribution in [0.1, 0.15) is 0 Å². The molecule has 12 aromatic rings. The number of fused-ring (bicyclic) bond motifs is 16. The molecular weight excluding hydrogens is 657 g/mol. The predicted octanol–water partition coefficient (Wildman–Crippen LogP) is 13.0. The van der Waals surface area contributed by atoms with Gasteiger partial charge in [-0.3, -0.25) is 4.57 Å². The van der Waals surface area contributed by atoms with Crippen LogP contribution in [0.2, 0.25) is 0 Å². The van der Waals surface area contributed by atoms with Crippen molar-refractivity contribution in [2.24, 2.45) is 0 Å². The largest absolute Gasteiger partial charge is 0.307 e. The Balaban J connectivity index is 1.43. The highest BCUT2D eigenvalue weighted by Gasteiger charge is 2.28. The molecule has 0 saturated carbocycles. The van der Waals surface area contributed by atoms with E-state index in [9.17, 15) is 0 Å². The highest BCUT2D eigenvalue weighted by molar-refractivity contribution is 6.45. The van der Waals surface area contributed by atoms with E-state index < -0.39 is 0 Å². The molecule has 12 rings (SSSR count). The van der Waals surface area contributed by atoms with Gasteiger partial charge in [-0.2, -0.15) is 0 Å². The molecule has 0 radical (unpaired) electrons. The Hall–Kier alpha value is -7.30. The molecule has 0 aliphatic heterocycles. The number of para-hydroxylation sites is 4. The van der Waals surface area contributed by atoms with Crippen molar-refractivity contribution in [3.63, 3.8) is 0 Å². The molecule has 3 heterocycles. The minimum Gasteiger partial charge on any atom is -0.307 e. The van der Waals surface area contributed by atoms with Gasteiger partial charge in [0.15, 0.2) is 0 Å². The summed E-state index contributed by atoms with van der Waals surface area (Å²) >= 11 is 0. The molecule has 0 fully saturated rings. The first-order valence-electron chi connectivity index (χ1n) is 18.4. The van der Waals surface area contributed by atoms with E-state index in [-0.39, 0.29) is 0 Å². The van der Waals surface area contributed by atoms with E-state index in [0.717, 1.165) is 49.9 Å². The average molecular weight is 687 g/mol. The third-order valence-corrected chi connectivity index (χ3v) is 11.3. The van der Waals surface area contributed by atoms with Crippen molar-refractivity contribution in [1.29, 1.82) is 0 Å². The summed E-state index contributed by atoms with van der Waals surface area (Å²) in [6, 6.07) is 65.2. The second-order valence-corrected chi connectivity index (χ2v) is 14.1. The Morgan fingerprint density at radius 2 is 0.759 bits per heavy atom. The summed E-state index contributed by atoms with van der Waals surface area (Å²) < 4.78 is 4.80. The van der Waals surface area contributed by atoms with Crippen molar-refractivity contribution in [1.82, 2.24) is 19.1 Å². The maximum absolute atomic E-state index is 5.51. The van der Waals surface area contributed by atoms with E-state index in [2.05, 4.69) is 191 Å². The zero-order valence-corrected chi connectivity index (χ0v) is 29.1. The Kier molecular flexibility index (Phi) is 6.02. The molecule has 0 aliphatic rings. The number of hydrogen-bond donors (Lipinski definition) is 0. The van der Waals surface area contributed by atoms with Crippen molar-refractivity contribution in [3.05, 3.63) is 182 Å². The van der Waals surface area contributed by atoms with Crippen LogP contribution in [-0.2, 0) is 0 Å². The van der Waals surface area contributed by atoms with E-state index >= 15 is 0 Å². The molecule has 4 nitrogen and oxygen atoms in total. The molecule has 0 N–H and O–H groups in total. The quantitative estimate of drug-likeness (QED) is 0.173. The van der Waals surface area contributed by atoms with Crippen LogP contribution < -0.4 is 0 Å². The van der Waals surface area contributed by atoms with Crippen LogP contribution in [0.5, 0.6) is 0 Å². The van der Waals surface area contributed by atoms with Crippen LogP contribution in [0.4, 0.5) is 0 Å². The number of rotatable bonds is 3. The van der Waals surface area contributed by atoms with Crippen LogP contribution in [-0.4, -0.2) is 19.1 Å². The predicted molar refractivity (Wildman–Crippen MR) is 226 cm³/mol. The van der Waals surface area contributed by atoms with Gasteiger partial charge in [0.25, 0.3) is 0 Å². The Labute approximate surface area is 309 Å².